The first-order valence-corrected chi connectivity index (χ1v) is 7.32. The van der Waals surface area contributed by atoms with E-state index in [1.807, 2.05) is 25.7 Å². The summed E-state index contributed by atoms with van der Waals surface area (Å²) in [5.74, 6) is 0.554. The Morgan fingerprint density at radius 3 is 2.60 bits per heavy atom. The van der Waals surface area contributed by atoms with Gasteiger partial charge < -0.3 is 9.88 Å². The Bertz CT molecular complexity index is 583. The number of hydrogen-bond donors (Lipinski definition) is 1. The van der Waals surface area contributed by atoms with E-state index < -0.39 is 0 Å². The molecule has 0 fully saturated rings. The lowest BCUT2D eigenvalue weighted by Gasteiger charge is -2.18. The molecule has 0 spiro atoms. The smallest absolute Gasteiger partial charge is 0.0865 e. The van der Waals surface area contributed by atoms with Gasteiger partial charge in [0, 0.05) is 25.5 Å². The minimum Gasteiger partial charge on any atom is -0.348 e. The van der Waals surface area contributed by atoms with Gasteiger partial charge in [0.25, 0.3) is 0 Å². The Labute approximate surface area is 125 Å². The fourth-order valence-electron chi connectivity index (χ4n) is 2.65. The van der Waals surface area contributed by atoms with Crippen LogP contribution in [0.3, 0.4) is 0 Å². The molecule has 110 valence electrons. The molecule has 0 aliphatic rings. The molecule has 2 aromatic heterocycles. The Kier molecular flexibility index (Phi) is 4.55. The molecular weight excluding hydrogens is 272 g/mol. The Morgan fingerprint density at radius 2 is 2.10 bits per heavy atom. The number of hydrogen-bond acceptors (Lipinski definition) is 2. The van der Waals surface area contributed by atoms with Crippen LogP contribution in [-0.2, 0) is 13.6 Å². The zero-order valence-corrected chi connectivity index (χ0v) is 13.6. The largest absolute Gasteiger partial charge is 0.348 e. The zero-order valence-electron chi connectivity index (χ0n) is 12.8. The van der Waals surface area contributed by atoms with E-state index in [9.17, 15) is 0 Å². The van der Waals surface area contributed by atoms with Gasteiger partial charge in [-0.05, 0) is 31.5 Å². The highest BCUT2D eigenvalue weighted by Crippen LogP contribution is 2.24. The topological polar surface area (TPSA) is 34.8 Å². The van der Waals surface area contributed by atoms with Crippen LogP contribution in [0.15, 0.2) is 18.5 Å². The lowest BCUT2D eigenvalue weighted by atomic mass is 9.99. The molecule has 0 saturated heterocycles. The third kappa shape index (κ3) is 2.91. The standard InChI is InChI=1S/C15H23ClN4/c1-10(2)15(17-4)12-6-7-20(8-12)9-13-14(16)11(3)18-19(13)5/h6-8,10,15,17H,9H2,1-5H3. The van der Waals surface area contributed by atoms with E-state index in [1.54, 1.807) is 0 Å². The molecule has 5 heteroatoms. The molecule has 1 N–H and O–H groups in total. The molecule has 20 heavy (non-hydrogen) atoms. The van der Waals surface area contributed by atoms with Gasteiger partial charge in [0.2, 0.25) is 0 Å². The first-order valence-electron chi connectivity index (χ1n) is 6.95. The summed E-state index contributed by atoms with van der Waals surface area (Å²) in [6.45, 7) is 7.12. The summed E-state index contributed by atoms with van der Waals surface area (Å²) in [5, 5.41) is 8.48. The predicted molar refractivity (Wildman–Crippen MR) is 83.1 cm³/mol. The number of aryl methyl sites for hydroxylation is 2. The fraction of sp³-hybridized carbons (Fsp3) is 0.533. The van der Waals surface area contributed by atoms with Crippen LogP contribution < -0.4 is 5.32 Å². The molecule has 0 aromatic carbocycles. The first kappa shape index (κ1) is 15.1. The van der Waals surface area contributed by atoms with Gasteiger partial charge in [-0.2, -0.15) is 5.10 Å². The summed E-state index contributed by atoms with van der Waals surface area (Å²) >= 11 is 6.30. The summed E-state index contributed by atoms with van der Waals surface area (Å²) in [4.78, 5) is 0. The van der Waals surface area contributed by atoms with Crippen molar-refractivity contribution >= 4 is 11.6 Å². The Hall–Kier alpha value is -1.26. The molecule has 0 saturated carbocycles. The summed E-state index contributed by atoms with van der Waals surface area (Å²) in [7, 11) is 3.94. The van der Waals surface area contributed by atoms with Crippen LogP contribution in [0.4, 0.5) is 0 Å². The zero-order chi connectivity index (χ0) is 14.9. The average molecular weight is 295 g/mol. The maximum Gasteiger partial charge on any atom is 0.0865 e. The van der Waals surface area contributed by atoms with Crippen molar-refractivity contribution in [2.45, 2.75) is 33.4 Å². The molecule has 4 nitrogen and oxygen atoms in total. The fourth-order valence-corrected chi connectivity index (χ4v) is 2.87. The van der Waals surface area contributed by atoms with Gasteiger partial charge in [-0.3, -0.25) is 4.68 Å². The predicted octanol–water partition coefficient (Wildman–Crippen LogP) is 3.15. The molecule has 2 rings (SSSR count). The molecule has 0 radical (unpaired) electrons. The van der Waals surface area contributed by atoms with E-state index in [-0.39, 0.29) is 0 Å². The highest BCUT2D eigenvalue weighted by Gasteiger charge is 2.16. The van der Waals surface area contributed by atoms with Gasteiger partial charge in [0.15, 0.2) is 0 Å². The normalized spacial score (nSPS) is 13.2. The van der Waals surface area contributed by atoms with Crippen LogP contribution in [-0.4, -0.2) is 21.4 Å². The first-order chi connectivity index (χ1) is 9.43. The quantitative estimate of drug-likeness (QED) is 0.919. The Morgan fingerprint density at radius 1 is 1.40 bits per heavy atom. The lowest BCUT2D eigenvalue weighted by molar-refractivity contribution is 0.442. The summed E-state index contributed by atoms with van der Waals surface area (Å²) in [6, 6.07) is 2.54. The highest BCUT2D eigenvalue weighted by atomic mass is 35.5. The lowest BCUT2D eigenvalue weighted by Crippen LogP contribution is -2.21. The van der Waals surface area contributed by atoms with Crippen molar-refractivity contribution in [1.29, 1.82) is 0 Å². The molecule has 0 aliphatic heterocycles. The molecule has 1 atom stereocenters. The van der Waals surface area contributed by atoms with Crippen LogP contribution in [0.25, 0.3) is 0 Å². The van der Waals surface area contributed by atoms with Gasteiger partial charge in [0.1, 0.15) is 0 Å². The highest BCUT2D eigenvalue weighted by molar-refractivity contribution is 6.31. The second kappa shape index (κ2) is 6.02. The van der Waals surface area contributed by atoms with Crippen molar-refractivity contribution in [1.82, 2.24) is 19.7 Å². The van der Waals surface area contributed by atoms with Gasteiger partial charge in [-0.25, -0.2) is 0 Å². The van der Waals surface area contributed by atoms with Crippen molar-refractivity contribution in [3.8, 4) is 0 Å². The van der Waals surface area contributed by atoms with Gasteiger partial charge >= 0.3 is 0 Å². The third-order valence-electron chi connectivity index (χ3n) is 3.70. The number of nitrogens with zero attached hydrogens (tertiary/aromatic N) is 3. The van der Waals surface area contributed by atoms with Crippen molar-refractivity contribution < 1.29 is 0 Å². The maximum absolute atomic E-state index is 6.30. The molecule has 0 aliphatic carbocycles. The van der Waals surface area contributed by atoms with E-state index in [0.717, 1.165) is 23.0 Å². The minimum absolute atomic E-state index is 0.375. The number of nitrogens with one attached hydrogen (secondary N) is 1. The van der Waals surface area contributed by atoms with Crippen molar-refractivity contribution in [2.24, 2.45) is 13.0 Å². The summed E-state index contributed by atoms with van der Waals surface area (Å²) in [6.07, 6.45) is 4.28. The van der Waals surface area contributed by atoms with E-state index in [2.05, 4.69) is 47.3 Å². The van der Waals surface area contributed by atoms with Crippen molar-refractivity contribution in [3.05, 3.63) is 40.4 Å². The maximum atomic E-state index is 6.30. The number of aromatic nitrogens is 3. The van der Waals surface area contributed by atoms with Gasteiger partial charge in [0.05, 0.1) is 23.0 Å². The summed E-state index contributed by atoms with van der Waals surface area (Å²) in [5.41, 5.74) is 3.22. The van der Waals surface area contributed by atoms with Crippen LogP contribution in [0.2, 0.25) is 5.02 Å². The second-order valence-corrected chi connectivity index (χ2v) is 5.98. The SMILES string of the molecule is CNC(c1ccn(Cc2c(Cl)c(C)nn2C)c1)C(C)C. The van der Waals surface area contributed by atoms with Crippen molar-refractivity contribution in [2.75, 3.05) is 7.05 Å². The van der Waals surface area contributed by atoms with Gasteiger partial charge in [-0.1, -0.05) is 25.4 Å². The molecule has 1 unspecified atom stereocenters. The molecule has 0 bridgehead atoms. The Balaban J connectivity index is 2.21. The number of rotatable bonds is 5. The van der Waals surface area contributed by atoms with E-state index in [0.29, 0.717) is 12.0 Å². The number of halogens is 1. The van der Waals surface area contributed by atoms with Crippen LogP contribution >= 0.6 is 11.6 Å². The van der Waals surface area contributed by atoms with E-state index >= 15 is 0 Å². The third-order valence-corrected chi connectivity index (χ3v) is 4.20. The van der Waals surface area contributed by atoms with Crippen molar-refractivity contribution in [3.63, 3.8) is 0 Å². The molecular formula is C15H23ClN4. The van der Waals surface area contributed by atoms with Crippen LogP contribution in [0.1, 0.15) is 36.8 Å². The molecule has 2 heterocycles. The van der Waals surface area contributed by atoms with Crippen LogP contribution in [0, 0.1) is 12.8 Å². The van der Waals surface area contributed by atoms with E-state index in [1.165, 1.54) is 5.56 Å². The van der Waals surface area contributed by atoms with Crippen LogP contribution in [0.5, 0.6) is 0 Å². The minimum atomic E-state index is 0.375. The molecule has 2 aromatic rings. The second-order valence-electron chi connectivity index (χ2n) is 5.60. The average Bonchev–Trinajstić information content (AvgIpc) is 2.91. The van der Waals surface area contributed by atoms with Gasteiger partial charge in [-0.15, -0.1) is 0 Å². The monoisotopic (exact) mass is 294 g/mol. The van der Waals surface area contributed by atoms with E-state index in [4.69, 9.17) is 11.6 Å². The summed E-state index contributed by atoms with van der Waals surface area (Å²) < 4.78 is 4.01. The molecule has 0 amide bonds.